The summed E-state index contributed by atoms with van der Waals surface area (Å²) in [6, 6.07) is 12.7. The molecule has 138 valence electrons. The molecular weight excluding hydrogens is 354 g/mol. The second-order valence-corrected chi connectivity index (χ2v) is 8.09. The molecule has 3 rings (SSSR count). The lowest BCUT2D eigenvalue weighted by atomic mass is 10.1. The fourth-order valence-electron chi connectivity index (χ4n) is 3.07. The van der Waals surface area contributed by atoms with Crippen molar-refractivity contribution in [1.29, 1.82) is 0 Å². The Labute approximate surface area is 152 Å². The number of benzene rings is 2. The topological polar surface area (TPSA) is 92.5 Å². The van der Waals surface area contributed by atoms with Crippen molar-refractivity contribution >= 4 is 15.7 Å². The largest absolute Gasteiger partial charge is 0.299 e. The summed E-state index contributed by atoms with van der Waals surface area (Å²) in [5, 5.41) is 10.7. The molecule has 0 radical (unpaired) electrons. The molecule has 1 heterocycles. The summed E-state index contributed by atoms with van der Waals surface area (Å²) in [5.41, 5.74) is 1.91. The molecule has 1 N–H and O–H groups in total. The van der Waals surface area contributed by atoms with Crippen molar-refractivity contribution in [1.82, 2.24) is 9.62 Å². The first-order valence-electron chi connectivity index (χ1n) is 8.49. The highest BCUT2D eigenvalue weighted by molar-refractivity contribution is 7.89. The van der Waals surface area contributed by atoms with E-state index in [2.05, 4.69) is 9.62 Å². The minimum absolute atomic E-state index is 0.0140. The summed E-state index contributed by atoms with van der Waals surface area (Å²) in [7, 11) is -3.73. The van der Waals surface area contributed by atoms with Gasteiger partial charge >= 0.3 is 0 Å². The van der Waals surface area contributed by atoms with E-state index in [1.54, 1.807) is 0 Å². The Morgan fingerprint density at radius 1 is 1.00 bits per heavy atom. The first-order chi connectivity index (χ1) is 12.5. The van der Waals surface area contributed by atoms with Gasteiger partial charge in [-0.05, 0) is 49.2 Å². The Balaban J connectivity index is 1.70. The summed E-state index contributed by atoms with van der Waals surface area (Å²) >= 11 is 0. The lowest BCUT2D eigenvalue weighted by Crippen LogP contribution is -2.25. The van der Waals surface area contributed by atoms with Crippen molar-refractivity contribution in [2.75, 3.05) is 13.1 Å². The number of nitro benzene ring substituents is 1. The predicted octanol–water partition coefficient (Wildman–Crippen LogP) is 2.67. The van der Waals surface area contributed by atoms with E-state index in [9.17, 15) is 18.5 Å². The lowest BCUT2D eigenvalue weighted by Gasteiger charge is -2.17. The number of hydrogen-bond acceptors (Lipinski definition) is 5. The highest BCUT2D eigenvalue weighted by Crippen LogP contribution is 2.18. The van der Waals surface area contributed by atoms with Gasteiger partial charge in [0, 0.05) is 25.2 Å². The van der Waals surface area contributed by atoms with Crippen molar-refractivity contribution in [2.24, 2.45) is 0 Å². The van der Waals surface area contributed by atoms with Crippen LogP contribution in [0.15, 0.2) is 53.4 Å². The van der Waals surface area contributed by atoms with Crippen molar-refractivity contribution in [3.05, 3.63) is 69.8 Å². The molecule has 0 saturated carbocycles. The molecule has 0 spiro atoms. The van der Waals surface area contributed by atoms with Gasteiger partial charge in [0.2, 0.25) is 10.0 Å². The molecule has 7 nitrogen and oxygen atoms in total. The molecule has 2 aromatic carbocycles. The molecule has 0 bridgehead atoms. The van der Waals surface area contributed by atoms with Crippen LogP contribution >= 0.6 is 0 Å². The normalized spacial score (nSPS) is 15.2. The van der Waals surface area contributed by atoms with Crippen LogP contribution in [-0.2, 0) is 23.1 Å². The molecule has 1 saturated heterocycles. The average molecular weight is 375 g/mol. The summed E-state index contributed by atoms with van der Waals surface area (Å²) < 4.78 is 27.5. The number of sulfonamides is 1. The third-order valence-electron chi connectivity index (χ3n) is 4.52. The Morgan fingerprint density at radius 2 is 1.62 bits per heavy atom. The van der Waals surface area contributed by atoms with Gasteiger partial charge < -0.3 is 0 Å². The smallest absolute Gasteiger partial charge is 0.269 e. The lowest BCUT2D eigenvalue weighted by molar-refractivity contribution is -0.384. The Bertz CT molecular complexity index is 876. The SMILES string of the molecule is O=[N+]([O-])c1ccc(S(=O)(=O)NCc2ccccc2CN2CCCC2)cc1. The minimum Gasteiger partial charge on any atom is -0.299 e. The zero-order chi connectivity index (χ0) is 18.6. The molecule has 0 unspecified atom stereocenters. The molecule has 8 heteroatoms. The van der Waals surface area contributed by atoms with Crippen molar-refractivity contribution in [2.45, 2.75) is 30.8 Å². The van der Waals surface area contributed by atoms with E-state index >= 15 is 0 Å². The summed E-state index contributed by atoms with van der Waals surface area (Å²) in [6.07, 6.45) is 2.41. The van der Waals surface area contributed by atoms with Crippen LogP contribution in [0.5, 0.6) is 0 Å². The maximum absolute atomic E-state index is 12.5. The van der Waals surface area contributed by atoms with Crippen molar-refractivity contribution in [3.8, 4) is 0 Å². The van der Waals surface area contributed by atoms with Gasteiger partial charge in [-0.1, -0.05) is 24.3 Å². The van der Waals surface area contributed by atoms with Gasteiger partial charge in [-0.15, -0.1) is 0 Å². The second-order valence-electron chi connectivity index (χ2n) is 6.33. The van der Waals surface area contributed by atoms with Gasteiger partial charge in [0.15, 0.2) is 0 Å². The van der Waals surface area contributed by atoms with Crippen LogP contribution in [0.2, 0.25) is 0 Å². The third kappa shape index (κ3) is 4.46. The van der Waals surface area contributed by atoms with Crippen LogP contribution in [0.4, 0.5) is 5.69 Å². The molecule has 0 amide bonds. The number of hydrogen-bond donors (Lipinski definition) is 1. The number of likely N-dealkylation sites (tertiary alicyclic amines) is 1. The van der Waals surface area contributed by atoms with Gasteiger partial charge in [0.05, 0.1) is 9.82 Å². The Hall–Kier alpha value is -2.29. The highest BCUT2D eigenvalue weighted by Gasteiger charge is 2.17. The molecule has 1 aliphatic rings. The molecule has 1 fully saturated rings. The molecule has 2 aromatic rings. The predicted molar refractivity (Wildman–Crippen MR) is 98.1 cm³/mol. The average Bonchev–Trinajstić information content (AvgIpc) is 3.14. The van der Waals surface area contributed by atoms with Gasteiger partial charge in [-0.3, -0.25) is 15.0 Å². The molecule has 1 aliphatic heterocycles. The number of nitrogens with one attached hydrogen (secondary N) is 1. The second kappa shape index (κ2) is 7.94. The number of rotatable bonds is 7. The summed E-state index contributed by atoms with van der Waals surface area (Å²) in [5.74, 6) is 0. The van der Waals surface area contributed by atoms with E-state index in [1.165, 1.54) is 37.1 Å². The van der Waals surface area contributed by atoms with Crippen molar-refractivity contribution < 1.29 is 13.3 Å². The minimum atomic E-state index is -3.73. The van der Waals surface area contributed by atoms with Crippen molar-refractivity contribution in [3.63, 3.8) is 0 Å². The van der Waals surface area contributed by atoms with Crippen LogP contribution in [-0.4, -0.2) is 31.3 Å². The van der Waals surface area contributed by atoms with Crippen LogP contribution in [0.25, 0.3) is 0 Å². The van der Waals surface area contributed by atoms with Gasteiger partial charge in [0.25, 0.3) is 5.69 Å². The summed E-state index contributed by atoms with van der Waals surface area (Å²) in [4.78, 5) is 12.5. The van der Waals surface area contributed by atoms with Crippen LogP contribution < -0.4 is 4.72 Å². The summed E-state index contributed by atoms with van der Waals surface area (Å²) in [6.45, 7) is 3.14. The number of nitrogens with zero attached hydrogens (tertiary/aromatic N) is 2. The van der Waals surface area contributed by atoms with E-state index in [0.717, 1.165) is 30.8 Å². The highest BCUT2D eigenvalue weighted by atomic mass is 32.2. The molecule has 26 heavy (non-hydrogen) atoms. The standard InChI is InChI=1S/C18H21N3O4S/c22-21(23)17-7-9-18(10-8-17)26(24,25)19-13-15-5-1-2-6-16(15)14-20-11-3-4-12-20/h1-2,5-10,19H,3-4,11-14H2. The van der Waals surface area contributed by atoms with E-state index in [0.29, 0.717) is 0 Å². The fraction of sp³-hybridized carbons (Fsp3) is 0.333. The van der Waals surface area contributed by atoms with Gasteiger partial charge in [0.1, 0.15) is 0 Å². The monoisotopic (exact) mass is 375 g/mol. The van der Waals surface area contributed by atoms with Gasteiger partial charge in [-0.2, -0.15) is 0 Å². The van der Waals surface area contributed by atoms with Crippen LogP contribution in [0.3, 0.4) is 0 Å². The van der Waals surface area contributed by atoms with E-state index in [1.807, 2.05) is 24.3 Å². The Kier molecular flexibility index (Phi) is 5.65. The van der Waals surface area contributed by atoms with Crippen LogP contribution in [0.1, 0.15) is 24.0 Å². The molecule has 0 aliphatic carbocycles. The van der Waals surface area contributed by atoms with Crippen LogP contribution in [0, 0.1) is 10.1 Å². The molecule has 0 atom stereocenters. The fourth-order valence-corrected chi connectivity index (χ4v) is 4.08. The number of non-ortho nitro benzene ring substituents is 1. The van der Waals surface area contributed by atoms with Gasteiger partial charge in [-0.25, -0.2) is 13.1 Å². The Morgan fingerprint density at radius 3 is 2.23 bits per heavy atom. The molecule has 0 aromatic heterocycles. The maximum atomic E-state index is 12.5. The molecular formula is C18H21N3O4S. The van der Waals surface area contributed by atoms with E-state index < -0.39 is 14.9 Å². The van der Waals surface area contributed by atoms with E-state index in [-0.39, 0.29) is 17.1 Å². The maximum Gasteiger partial charge on any atom is 0.269 e. The zero-order valence-corrected chi connectivity index (χ0v) is 15.1. The first kappa shape index (κ1) is 18.5. The van der Waals surface area contributed by atoms with E-state index in [4.69, 9.17) is 0 Å². The first-order valence-corrected chi connectivity index (χ1v) is 9.97. The quantitative estimate of drug-likeness (QED) is 0.593. The zero-order valence-electron chi connectivity index (χ0n) is 14.3. The number of nitro groups is 1. The third-order valence-corrected chi connectivity index (χ3v) is 5.94.